The molecule has 2 rings (SSSR count). The molecular formula is C30H58. The molecule has 0 amide bonds. The number of hydrogen-bond acceptors (Lipinski definition) is 0. The zero-order valence-corrected chi connectivity index (χ0v) is 21.3. The molecule has 0 aliphatic heterocycles. The molecule has 0 heterocycles. The summed E-state index contributed by atoms with van der Waals surface area (Å²) in [6, 6.07) is 0. The fourth-order valence-corrected chi connectivity index (χ4v) is 6.54. The fraction of sp³-hybridized carbons (Fsp3) is 1.00. The quantitative estimate of drug-likeness (QED) is 0.206. The van der Waals surface area contributed by atoms with Crippen LogP contribution in [0.25, 0.3) is 0 Å². The van der Waals surface area contributed by atoms with Gasteiger partial charge >= 0.3 is 0 Å². The van der Waals surface area contributed by atoms with Crippen LogP contribution in [0.15, 0.2) is 0 Å². The molecule has 2 saturated carbocycles. The van der Waals surface area contributed by atoms with Gasteiger partial charge in [-0.05, 0) is 23.7 Å². The van der Waals surface area contributed by atoms with Gasteiger partial charge in [0.2, 0.25) is 0 Å². The van der Waals surface area contributed by atoms with E-state index in [4.69, 9.17) is 0 Å². The minimum absolute atomic E-state index is 1.09. The van der Waals surface area contributed by atoms with Crippen molar-refractivity contribution < 1.29 is 0 Å². The van der Waals surface area contributed by atoms with Crippen LogP contribution >= 0.6 is 0 Å². The van der Waals surface area contributed by atoms with Crippen molar-refractivity contribution in [3.05, 3.63) is 0 Å². The Bertz CT molecular complexity index is 356. The molecule has 0 N–H and O–H groups in total. The molecule has 0 aromatic carbocycles. The van der Waals surface area contributed by atoms with E-state index in [-0.39, 0.29) is 0 Å². The Hall–Kier alpha value is 0. The smallest absolute Gasteiger partial charge is 0.0414 e. The number of unbranched alkanes of at least 4 members (excludes halogenated alkanes) is 9. The topological polar surface area (TPSA) is 0 Å². The van der Waals surface area contributed by atoms with Crippen LogP contribution < -0.4 is 0 Å². The monoisotopic (exact) mass is 418 g/mol. The van der Waals surface area contributed by atoms with Crippen LogP contribution in [0.1, 0.15) is 168 Å². The molecule has 30 heavy (non-hydrogen) atoms. The van der Waals surface area contributed by atoms with Crippen LogP contribution in [-0.4, -0.2) is 0 Å². The molecule has 2 fully saturated rings. The van der Waals surface area contributed by atoms with Crippen molar-refractivity contribution in [3.63, 3.8) is 0 Å². The van der Waals surface area contributed by atoms with Gasteiger partial charge < -0.3 is 0 Å². The van der Waals surface area contributed by atoms with Crippen molar-refractivity contribution in [1.29, 1.82) is 0 Å². The molecule has 0 spiro atoms. The average molecular weight is 419 g/mol. The largest absolute Gasteiger partial charge is 0.0654 e. The molecule has 2 aliphatic rings. The second-order valence-electron chi connectivity index (χ2n) is 11.5. The molecule has 0 nitrogen and oxygen atoms in total. The molecular weight excluding hydrogens is 360 g/mol. The first-order chi connectivity index (χ1) is 14.8. The third-order valence-electron chi connectivity index (χ3n) is 8.84. The van der Waals surface area contributed by atoms with E-state index in [2.05, 4.69) is 13.8 Å². The Morgan fingerprint density at radius 3 is 0.933 bits per heavy atom. The van der Waals surface area contributed by atoms with Gasteiger partial charge in [0.15, 0.2) is 0 Å². The first-order valence-electron chi connectivity index (χ1n) is 14.8. The van der Waals surface area contributed by atoms with E-state index < -0.39 is 0 Å². The van der Waals surface area contributed by atoms with Crippen molar-refractivity contribution in [2.24, 2.45) is 23.7 Å². The van der Waals surface area contributed by atoms with Gasteiger partial charge in [-0.3, -0.25) is 0 Å². The van der Waals surface area contributed by atoms with Gasteiger partial charge in [0.1, 0.15) is 0 Å². The van der Waals surface area contributed by atoms with Gasteiger partial charge in [-0.15, -0.1) is 0 Å². The molecule has 0 heteroatoms. The van der Waals surface area contributed by atoms with E-state index in [1.807, 2.05) is 0 Å². The molecule has 0 aromatic heterocycles. The SMILES string of the molecule is CCCCCCCC1CCC(CCCCCCCC2CCC(CCCC)CC2)CC1. The van der Waals surface area contributed by atoms with Gasteiger partial charge in [0.25, 0.3) is 0 Å². The maximum Gasteiger partial charge on any atom is -0.0414 e. The lowest BCUT2D eigenvalue weighted by Gasteiger charge is -2.29. The summed E-state index contributed by atoms with van der Waals surface area (Å²) in [5.41, 5.74) is 0. The molecule has 0 aromatic rings. The van der Waals surface area contributed by atoms with E-state index >= 15 is 0 Å². The standard InChI is InChI=1S/C30H58/c1-3-5-7-9-12-16-28-23-25-30(26-24-28)18-14-11-8-10-13-17-29-21-19-27(20-22-29)15-6-4-2/h27-30H,3-26H2,1-2H3. The maximum atomic E-state index is 2.34. The second-order valence-corrected chi connectivity index (χ2v) is 11.5. The van der Waals surface area contributed by atoms with Crippen LogP contribution in [0.3, 0.4) is 0 Å². The minimum atomic E-state index is 1.09. The lowest BCUT2D eigenvalue weighted by Crippen LogP contribution is -2.14. The molecule has 0 unspecified atom stereocenters. The lowest BCUT2D eigenvalue weighted by molar-refractivity contribution is 0.241. The van der Waals surface area contributed by atoms with Crippen molar-refractivity contribution in [2.75, 3.05) is 0 Å². The van der Waals surface area contributed by atoms with Gasteiger partial charge in [0.05, 0.1) is 0 Å². The van der Waals surface area contributed by atoms with Crippen molar-refractivity contribution in [3.8, 4) is 0 Å². The first-order valence-corrected chi connectivity index (χ1v) is 14.8. The van der Waals surface area contributed by atoms with Gasteiger partial charge in [-0.25, -0.2) is 0 Å². The molecule has 0 atom stereocenters. The van der Waals surface area contributed by atoms with E-state index in [0.717, 1.165) is 23.7 Å². The van der Waals surface area contributed by atoms with E-state index in [0.29, 0.717) is 0 Å². The summed E-state index contributed by atoms with van der Waals surface area (Å²) in [5.74, 6) is 4.35. The lowest BCUT2D eigenvalue weighted by atomic mass is 9.77. The van der Waals surface area contributed by atoms with Crippen LogP contribution in [0.5, 0.6) is 0 Å². The first kappa shape index (κ1) is 26.3. The third-order valence-corrected chi connectivity index (χ3v) is 8.84. The van der Waals surface area contributed by atoms with E-state index in [1.165, 1.54) is 89.9 Å². The average Bonchev–Trinajstić information content (AvgIpc) is 2.78. The van der Waals surface area contributed by atoms with Crippen molar-refractivity contribution >= 4 is 0 Å². The predicted octanol–water partition coefficient (Wildman–Crippen LogP) is 10.9. The Labute approximate surface area is 191 Å². The van der Waals surface area contributed by atoms with Gasteiger partial charge in [0, 0.05) is 0 Å². The Morgan fingerprint density at radius 1 is 0.333 bits per heavy atom. The number of hydrogen-bond donors (Lipinski definition) is 0. The summed E-state index contributed by atoms with van der Waals surface area (Å²) < 4.78 is 0. The molecule has 0 radical (unpaired) electrons. The molecule has 178 valence electrons. The highest BCUT2D eigenvalue weighted by atomic mass is 14.3. The van der Waals surface area contributed by atoms with Crippen LogP contribution in [-0.2, 0) is 0 Å². The zero-order valence-electron chi connectivity index (χ0n) is 21.3. The summed E-state index contributed by atoms with van der Waals surface area (Å²) in [7, 11) is 0. The normalized spacial score (nSPS) is 27.4. The summed E-state index contributed by atoms with van der Waals surface area (Å²) in [6.45, 7) is 4.66. The molecule has 0 saturated heterocycles. The van der Waals surface area contributed by atoms with E-state index in [9.17, 15) is 0 Å². The van der Waals surface area contributed by atoms with Gasteiger partial charge in [-0.2, -0.15) is 0 Å². The Morgan fingerprint density at radius 2 is 0.600 bits per heavy atom. The summed E-state index contributed by atoms with van der Waals surface area (Å²) >= 11 is 0. The second kappa shape index (κ2) is 17.5. The summed E-state index contributed by atoms with van der Waals surface area (Å²) in [5, 5.41) is 0. The van der Waals surface area contributed by atoms with Crippen molar-refractivity contribution in [2.45, 2.75) is 168 Å². The maximum absolute atomic E-state index is 2.34. The van der Waals surface area contributed by atoms with Crippen LogP contribution in [0, 0.1) is 23.7 Å². The summed E-state index contributed by atoms with van der Waals surface area (Å²) in [4.78, 5) is 0. The highest BCUT2D eigenvalue weighted by Crippen LogP contribution is 2.36. The highest BCUT2D eigenvalue weighted by Gasteiger charge is 2.21. The number of rotatable bonds is 17. The minimum Gasteiger partial charge on any atom is -0.0654 e. The Kier molecular flexibility index (Phi) is 15.4. The fourth-order valence-electron chi connectivity index (χ4n) is 6.54. The molecule has 2 aliphatic carbocycles. The van der Waals surface area contributed by atoms with E-state index in [1.54, 1.807) is 64.2 Å². The molecule has 0 bridgehead atoms. The third kappa shape index (κ3) is 12.1. The van der Waals surface area contributed by atoms with Crippen molar-refractivity contribution in [1.82, 2.24) is 0 Å². The Balaban J connectivity index is 1.35. The van der Waals surface area contributed by atoms with Crippen LogP contribution in [0.4, 0.5) is 0 Å². The predicted molar refractivity (Wildman–Crippen MR) is 136 cm³/mol. The van der Waals surface area contributed by atoms with Crippen LogP contribution in [0.2, 0.25) is 0 Å². The van der Waals surface area contributed by atoms with Gasteiger partial charge in [-0.1, -0.05) is 168 Å². The summed E-state index contributed by atoms with van der Waals surface area (Å²) in [6.07, 6.45) is 36.3. The highest BCUT2D eigenvalue weighted by molar-refractivity contribution is 4.74. The zero-order chi connectivity index (χ0) is 21.3.